The van der Waals surface area contributed by atoms with E-state index in [1.165, 1.54) is 26.0 Å². The fourth-order valence-electron chi connectivity index (χ4n) is 1.83. The molecule has 2 aromatic rings. The standard InChI is InChI=1S/C16H17N3O5/c1-9-8-14(19-24-9)18-15(21)10(2)23-16(22)12-4-6-13(7-5-12)17-11(3)20/h4-8,10H,1-3H3,(H,17,20)(H,18,19,21). The van der Waals surface area contributed by atoms with Crippen molar-refractivity contribution in [1.82, 2.24) is 5.16 Å². The van der Waals surface area contributed by atoms with Gasteiger partial charge in [-0.25, -0.2) is 4.79 Å². The Labute approximate surface area is 138 Å². The molecule has 1 heterocycles. The molecule has 1 atom stereocenters. The lowest BCUT2D eigenvalue weighted by molar-refractivity contribution is -0.123. The third-order valence-corrected chi connectivity index (χ3v) is 2.97. The second-order valence-corrected chi connectivity index (χ2v) is 5.12. The number of rotatable bonds is 5. The minimum absolute atomic E-state index is 0.210. The average molecular weight is 331 g/mol. The van der Waals surface area contributed by atoms with Gasteiger partial charge < -0.3 is 19.9 Å². The van der Waals surface area contributed by atoms with E-state index < -0.39 is 18.0 Å². The van der Waals surface area contributed by atoms with E-state index in [0.29, 0.717) is 11.4 Å². The molecule has 0 radical (unpaired) electrons. The zero-order valence-electron chi connectivity index (χ0n) is 13.5. The summed E-state index contributed by atoms with van der Waals surface area (Å²) >= 11 is 0. The lowest BCUT2D eigenvalue weighted by Crippen LogP contribution is -2.30. The summed E-state index contributed by atoms with van der Waals surface area (Å²) in [5, 5.41) is 8.70. The number of ether oxygens (including phenoxy) is 1. The van der Waals surface area contributed by atoms with Crippen LogP contribution in [0.5, 0.6) is 0 Å². The summed E-state index contributed by atoms with van der Waals surface area (Å²) in [6.07, 6.45) is -1.01. The first-order chi connectivity index (χ1) is 11.3. The number of hydrogen-bond donors (Lipinski definition) is 2. The summed E-state index contributed by atoms with van der Waals surface area (Å²) in [7, 11) is 0. The van der Waals surface area contributed by atoms with Gasteiger partial charge in [0, 0.05) is 18.7 Å². The smallest absolute Gasteiger partial charge is 0.338 e. The van der Waals surface area contributed by atoms with Gasteiger partial charge >= 0.3 is 5.97 Å². The molecule has 0 bridgehead atoms. The van der Waals surface area contributed by atoms with Crippen LogP contribution in [-0.4, -0.2) is 29.0 Å². The first-order valence-electron chi connectivity index (χ1n) is 7.18. The highest BCUT2D eigenvalue weighted by atomic mass is 16.5. The lowest BCUT2D eigenvalue weighted by atomic mass is 10.2. The first-order valence-corrected chi connectivity index (χ1v) is 7.18. The highest BCUT2D eigenvalue weighted by molar-refractivity contribution is 5.97. The third kappa shape index (κ3) is 4.67. The summed E-state index contributed by atoms with van der Waals surface area (Å²) < 4.78 is 9.93. The maximum atomic E-state index is 12.0. The zero-order valence-corrected chi connectivity index (χ0v) is 13.5. The quantitative estimate of drug-likeness (QED) is 0.812. The van der Waals surface area contributed by atoms with Crippen molar-refractivity contribution >= 4 is 29.3 Å². The molecule has 126 valence electrons. The van der Waals surface area contributed by atoms with Gasteiger partial charge in [0.2, 0.25) is 5.91 Å². The maximum Gasteiger partial charge on any atom is 0.338 e. The van der Waals surface area contributed by atoms with E-state index in [2.05, 4.69) is 15.8 Å². The van der Waals surface area contributed by atoms with Crippen LogP contribution in [0.1, 0.15) is 30.0 Å². The number of nitrogens with one attached hydrogen (secondary N) is 2. The van der Waals surface area contributed by atoms with E-state index in [4.69, 9.17) is 9.26 Å². The van der Waals surface area contributed by atoms with Crippen molar-refractivity contribution in [1.29, 1.82) is 0 Å². The van der Waals surface area contributed by atoms with Crippen LogP contribution in [0.2, 0.25) is 0 Å². The minimum atomic E-state index is -1.01. The van der Waals surface area contributed by atoms with Gasteiger partial charge in [0.25, 0.3) is 5.91 Å². The van der Waals surface area contributed by atoms with Crippen molar-refractivity contribution in [3.05, 3.63) is 41.7 Å². The molecule has 1 aromatic heterocycles. The van der Waals surface area contributed by atoms with E-state index in [1.54, 1.807) is 25.1 Å². The molecule has 2 rings (SSSR count). The molecule has 8 nitrogen and oxygen atoms in total. The number of hydrogen-bond acceptors (Lipinski definition) is 6. The van der Waals surface area contributed by atoms with E-state index in [-0.39, 0.29) is 17.3 Å². The van der Waals surface area contributed by atoms with Gasteiger partial charge in [-0.3, -0.25) is 9.59 Å². The summed E-state index contributed by atoms with van der Waals surface area (Å²) in [6.45, 7) is 4.53. The number of esters is 1. The highest BCUT2D eigenvalue weighted by Crippen LogP contribution is 2.12. The van der Waals surface area contributed by atoms with Crippen molar-refractivity contribution in [2.75, 3.05) is 10.6 Å². The van der Waals surface area contributed by atoms with Crippen LogP contribution in [-0.2, 0) is 14.3 Å². The Balaban J connectivity index is 1.92. The molecule has 8 heteroatoms. The molecule has 0 aliphatic carbocycles. The lowest BCUT2D eigenvalue weighted by Gasteiger charge is -2.12. The maximum absolute atomic E-state index is 12.0. The summed E-state index contributed by atoms with van der Waals surface area (Å²) in [5.74, 6) is -0.581. The number of nitrogens with zero attached hydrogens (tertiary/aromatic N) is 1. The van der Waals surface area contributed by atoms with Gasteiger partial charge in [-0.05, 0) is 38.1 Å². The van der Waals surface area contributed by atoms with Crippen LogP contribution in [0, 0.1) is 6.92 Å². The Morgan fingerprint density at radius 1 is 1.17 bits per heavy atom. The molecule has 0 saturated carbocycles. The first kappa shape index (κ1) is 17.2. The highest BCUT2D eigenvalue weighted by Gasteiger charge is 2.20. The zero-order chi connectivity index (χ0) is 17.7. The third-order valence-electron chi connectivity index (χ3n) is 2.97. The van der Waals surface area contributed by atoms with Crippen LogP contribution < -0.4 is 10.6 Å². The number of anilines is 2. The molecule has 0 aliphatic rings. The second-order valence-electron chi connectivity index (χ2n) is 5.12. The monoisotopic (exact) mass is 331 g/mol. The number of carbonyl (C=O) groups excluding carboxylic acids is 3. The summed E-state index contributed by atoms with van der Waals surface area (Å²) in [6, 6.07) is 7.69. The van der Waals surface area contributed by atoms with Gasteiger partial charge in [0.1, 0.15) is 5.76 Å². The van der Waals surface area contributed by atoms with Crippen LogP contribution >= 0.6 is 0 Å². The molecule has 2 amide bonds. The van der Waals surface area contributed by atoms with Gasteiger partial charge in [0.05, 0.1) is 5.56 Å². The van der Waals surface area contributed by atoms with Crippen molar-refractivity contribution in [2.24, 2.45) is 0 Å². The Morgan fingerprint density at radius 2 is 1.83 bits per heavy atom. The Morgan fingerprint density at radius 3 is 2.38 bits per heavy atom. The molecule has 0 aliphatic heterocycles. The Bertz CT molecular complexity index is 751. The van der Waals surface area contributed by atoms with Crippen LogP contribution in [0.4, 0.5) is 11.5 Å². The van der Waals surface area contributed by atoms with Crippen LogP contribution in [0.25, 0.3) is 0 Å². The molecule has 0 fully saturated rings. The van der Waals surface area contributed by atoms with E-state index in [0.717, 1.165) is 0 Å². The largest absolute Gasteiger partial charge is 0.449 e. The van der Waals surface area contributed by atoms with E-state index >= 15 is 0 Å². The molecule has 0 saturated heterocycles. The van der Waals surface area contributed by atoms with Crippen molar-refractivity contribution in [2.45, 2.75) is 26.9 Å². The predicted molar refractivity (Wildman–Crippen MR) is 85.5 cm³/mol. The van der Waals surface area contributed by atoms with Crippen LogP contribution in [0.15, 0.2) is 34.9 Å². The van der Waals surface area contributed by atoms with Crippen molar-refractivity contribution in [3.63, 3.8) is 0 Å². The Kier molecular flexibility index (Phi) is 5.31. The molecular formula is C16H17N3O5. The van der Waals surface area contributed by atoms with Crippen molar-refractivity contribution in [3.8, 4) is 0 Å². The van der Waals surface area contributed by atoms with E-state index in [9.17, 15) is 14.4 Å². The molecule has 24 heavy (non-hydrogen) atoms. The normalized spacial score (nSPS) is 11.5. The fourth-order valence-corrected chi connectivity index (χ4v) is 1.83. The topological polar surface area (TPSA) is 111 Å². The predicted octanol–water partition coefficient (Wildman–Crippen LogP) is 2.13. The molecule has 1 unspecified atom stereocenters. The summed E-state index contributed by atoms with van der Waals surface area (Å²) in [4.78, 5) is 34.9. The van der Waals surface area contributed by atoms with Gasteiger partial charge in [-0.1, -0.05) is 5.16 Å². The van der Waals surface area contributed by atoms with Crippen molar-refractivity contribution < 1.29 is 23.6 Å². The molecule has 1 aromatic carbocycles. The number of benzene rings is 1. The summed E-state index contributed by atoms with van der Waals surface area (Å²) in [5.41, 5.74) is 0.826. The van der Waals surface area contributed by atoms with Gasteiger partial charge in [-0.15, -0.1) is 0 Å². The van der Waals surface area contributed by atoms with Gasteiger partial charge in [0.15, 0.2) is 11.9 Å². The van der Waals surface area contributed by atoms with E-state index in [1.807, 2.05) is 0 Å². The minimum Gasteiger partial charge on any atom is -0.449 e. The fraction of sp³-hybridized carbons (Fsp3) is 0.250. The molecule has 0 spiro atoms. The second kappa shape index (κ2) is 7.40. The number of aromatic nitrogens is 1. The number of aryl methyl sites for hydroxylation is 1. The average Bonchev–Trinajstić information content (AvgIpc) is 2.92. The van der Waals surface area contributed by atoms with Gasteiger partial charge in [-0.2, -0.15) is 0 Å². The van der Waals surface area contributed by atoms with Crippen LogP contribution in [0.3, 0.4) is 0 Å². The SMILES string of the molecule is CC(=O)Nc1ccc(C(=O)OC(C)C(=O)Nc2cc(C)on2)cc1. The number of carbonyl (C=O) groups is 3. The Hall–Kier alpha value is -3.16. The molecular weight excluding hydrogens is 314 g/mol. The molecule has 2 N–H and O–H groups in total. The number of amides is 2.